The normalized spacial score (nSPS) is 20.4. The number of aliphatic carboxylic acids is 1. The zero-order valence-electron chi connectivity index (χ0n) is 9.20. The van der Waals surface area contributed by atoms with Crippen molar-refractivity contribution in [1.29, 1.82) is 0 Å². The van der Waals surface area contributed by atoms with Crippen molar-refractivity contribution in [3.63, 3.8) is 0 Å². The summed E-state index contributed by atoms with van der Waals surface area (Å²) in [6.45, 7) is 0.00139. The van der Waals surface area contributed by atoms with E-state index in [-0.39, 0.29) is 25.1 Å². The van der Waals surface area contributed by atoms with Gasteiger partial charge in [-0.2, -0.15) is 0 Å². The Labute approximate surface area is 98.6 Å². The fourth-order valence-corrected chi connectivity index (χ4v) is 1.90. The Bertz CT molecular complexity index is 418. The molecular weight excluding hydrogens is 222 g/mol. The van der Waals surface area contributed by atoms with Gasteiger partial charge in [-0.25, -0.2) is 0 Å². The molecule has 1 aliphatic heterocycles. The van der Waals surface area contributed by atoms with Crippen LogP contribution in [0.25, 0.3) is 0 Å². The molecular formula is C12H13NO4. The van der Waals surface area contributed by atoms with Crippen LogP contribution in [0.3, 0.4) is 0 Å². The summed E-state index contributed by atoms with van der Waals surface area (Å²) >= 11 is 0. The highest BCUT2D eigenvalue weighted by Gasteiger charge is 2.31. The molecule has 5 nitrogen and oxygen atoms in total. The predicted octanol–water partition coefficient (Wildman–Crippen LogP) is 0.671. The maximum atomic E-state index is 11.7. The molecule has 1 aromatic carbocycles. The first-order valence-corrected chi connectivity index (χ1v) is 5.32. The van der Waals surface area contributed by atoms with Gasteiger partial charge in [-0.15, -0.1) is 0 Å². The number of nitrogens with zero attached hydrogens (tertiary/aromatic N) is 1. The quantitative estimate of drug-likeness (QED) is 0.836. The molecule has 1 heterocycles. The highest BCUT2D eigenvalue weighted by molar-refractivity contribution is 5.83. The molecule has 0 aromatic heterocycles. The number of hydrogen-bond donors (Lipinski definition) is 1. The number of carbonyl (C=O) groups excluding carboxylic acids is 1. The van der Waals surface area contributed by atoms with Crippen LogP contribution >= 0.6 is 0 Å². The van der Waals surface area contributed by atoms with Gasteiger partial charge in [0.25, 0.3) is 0 Å². The first-order chi connectivity index (χ1) is 8.18. The van der Waals surface area contributed by atoms with Crippen LogP contribution in [0.1, 0.15) is 11.6 Å². The summed E-state index contributed by atoms with van der Waals surface area (Å²) in [5.41, 5.74) is 0.891. The summed E-state index contributed by atoms with van der Waals surface area (Å²) in [4.78, 5) is 23.8. The van der Waals surface area contributed by atoms with Crippen molar-refractivity contribution in [3.05, 3.63) is 35.9 Å². The maximum absolute atomic E-state index is 11.7. The molecule has 1 atom stereocenters. The van der Waals surface area contributed by atoms with Crippen molar-refractivity contribution in [3.8, 4) is 0 Å². The summed E-state index contributed by atoms with van der Waals surface area (Å²) < 4.78 is 5.18. The summed E-state index contributed by atoms with van der Waals surface area (Å²) in [7, 11) is 0. The third kappa shape index (κ3) is 2.62. The molecule has 17 heavy (non-hydrogen) atoms. The minimum absolute atomic E-state index is 0.0450. The van der Waals surface area contributed by atoms with Crippen LogP contribution in [0.4, 0.5) is 0 Å². The molecule has 0 radical (unpaired) electrons. The van der Waals surface area contributed by atoms with Crippen molar-refractivity contribution in [2.75, 3.05) is 19.8 Å². The van der Waals surface area contributed by atoms with Gasteiger partial charge in [0.1, 0.15) is 13.2 Å². The fourth-order valence-electron chi connectivity index (χ4n) is 1.90. The minimum atomic E-state index is -1.01. The molecule has 1 amide bonds. The summed E-state index contributed by atoms with van der Waals surface area (Å²) in [5, 5.41) is 8.81. The van der Waals surface area contributed by atoms with Crippen molar-refractivity contribution in [2.24, 2.45) is 0 Å². The van der Waals surface area contributed by atoms with Crippen LogP contribution in [0.2, 0.25) is 0 Å². The van der Waals surface area contributed by atoms with E-state index in [1.54, 1.807) is 0 Å². The van der Waals surface area contributed by atoms with Crippen molar-refractivity contribution >= 4 is 11.9 Å². The van der Waals surface area contributed by atoms with Gasteiger partial charge in [0, 0.05) is 0 Å². The first-order valence-electron chi connectivity index (χ1n) is 5.32. The Hall–Kier alpha value is -1.88. The van der Waals surface area contributed by atoms with Gasteiger partial charge in [-0.1, -0.05) is 30.3 Å². The number of benzene rings is 1. The van der Waals surface area contributed by atoms with E-state index in [2.05, 4.69) is 0 Å². The summed E-state index contributed by atoms with van der Waals surface area (Å²) in [6.07, 6.45) is 0. The molecule has 0 bridgehead atoms. The molecule has 2 rings (SSSR count). The standard InChI is InChI=1S/C12H13NO4/c14-11-8-17-7-10(13(11)6-12(15)16)9-4-2-1-3-5-9/h1-5,10H,6-8H2,(H,15,16). The smallest absolute Gasteiger partial charge is 0.323 e. The van der Waals surface area contributed by atoms with Crippen LogP contribution in [0, 0.1) is 0 Å². The second-order valence-electron chi connectivity index (χ2n) is 3.86. The van der Waals surface area contributed by atoms with E-state index in [0.29, 0.717) is 6.61 Å². The Morgan fingerprint density at radius 2 is 2.12 bits per heavy atom. The largest absolute Gasteiger partial charge is 0.480 e. The van der Waals surface area contributed by atoms with E-state index in [1.807, 2.05) is 30.3 Å². The van der Waals surface area contributed by atoms with Gasteiger partial charge in [-0.3, -0.25) is 9.59 Å². The Balaban J connectivity index is 2.23. The molecule has 1 aromatic rings. The average Bonchev–Trinajstić information content (AvgIpc) is 2.32. The lowest BCUT2D eigenvalue weighted by Crippen LogP contribution is -2.46. The number of rotatable bonds is 3. The van der Waals surface area contributed by atoms with Gasteiger partial charge >= 0.3 is 5.97 Å². The van der Waals surface area contributed by atoms with E-state index in [9.17, 15) is 9.59 Å². The lowest BCUT2D eigenvalue weighted by Gasteiger charge is -2.34. The second kappa shape index (κ2) is 4.97. The van der Waals surface area contributed by atoms with Crippen molar-refractivity contribution in [2.45, 2.75) is 6.04 Å². The molecule has 0 spiro atoms. The van der Waals surface area contributed by atoms with Crippen LogP contribution in [0.15, 0.2) is 30.3 Å². The average molecular weight is 235 g/mol. The minimum Gasteiger partial charge on any atom is -0.480 e. The van der Waals surface area contributed by atoms with Crippen LogP contribution < -0.4 is 0 Å². The number of carboxylic acid groups (broad SMARTS) is 1. The molecule has 5 heteroatoms. The molecule has 0 saturated carbocycles. The van der Waals surface area contributed by atoms with E-state index >= 15 is 0 Å². The molecule has 1 N–H and O–H groups in total. The lowest BCUT2D eigenvalue weighted by molar-refractivity contribution is -0.156. The zero-order chi connectivity index (χ0) is 12.3. The fraction of sp³-hybridized carbons (Fsp3) is 0.333. The number of carbonyl (C=O) groups is 2. The molecule has 90 valence electrons. The Kier molecular flexibility index (Phi) is 3.39. The lowest BCUT2D eigenvalue weighted by atomic mass is 10.0. The molecule has 1 unspecified atom stereocenters. The Morgan fingerprint density at radius 3 is 2.76 bits per heavy atom. The molecule has 0 aliphatic carbocycles. The third-order valence-electron chi connectivity index (χ3n) is 2.69. The zero-order valence-corrected chi connectivity index (χ0v) is 9.20. The van der Waals surface area contributed by atoms with Crippen molar-refractivity contribution in [1.82, 2.24) is 4.90 Å². The molecule has 1 fully saturated rings. The van der Waals surface area contributed by atoms with Crippen molar-refractivity contribution < 1.29 is 19.4 Å². The van der Waals surface area contributed by atoms with E-state index < -0.39 is 5.97 Å². The summed E-state index contributed by atoms with van der Waals surface area (Å²) in [6, 6.07) is 8.99. The van der Waals surface area contributed by atoms with Gasteiger partial charge in [0.15, 0.2) is 0 Å². The third-order valence-corrected chi connectivity index (χ3v) is 2.69. The number of carboxylic acids is 1. The number of morpholine rings is 1. The van der Waals surface area contributed by atoms with Gasteiger partial charge in [0.05, 0.1) is 12.6 Å². The highest BCUT2D eigenvalue weighted by atomic mass is 16.5. The van der Waals surface area contributed by atoms with E-state index in [0.717, 1.165) is 5.56 Å². The topological polar surface area (TPSA) is 66.8 Å². The molecule has 1 saturated heterocycles. The van der Waals surface area contributed by atoms with E-state index in [1.165, 1.54) is 4.90 Å². The number of ether oxygens (including phenoxy) is 1. The monoisotopic (exact) mass is 235 g/mol. The van der Waals surface area contributed by atoms with Crippen LogP contribution in [-0.2, 0) is 14.3 Å². The predicted molar refractivity (Wildman–Crippen MR) is 59.4 cm³/mol. The van der Waals surface area contributed by atoms with E-state index in [4.69, 9.17) is 9.84 Å². The second-order valence-corrected chi connectivity index (χ2v) is 3.86. The van der Waals surface area contributed by atoms with Gasteiger partial charge in [0.2, 0.25) is 5.91 Å². The van der Waals surface area contributed by atoms with Gasteiger partial charge < -0.3 is 14.7 Å². The Morgan fingerprint density at radius 1 is 1.41 bits per heavy atom. The number of amides is 1. The van der Waals surface area contributed by atoms with Crippen LogP contribution in [0.5, 0.6) is 0 Å². The number of hydrogen-bond acceptors (Lipinski definition) is 3. The van der Waals surface area contributed by atoms with Gasteiger partial charge in [-0.05, 0) is 5.56 Å². The SMILES string of the molecule is O=C(O)CN1C(=O)COCC1c1ccccc1. The van der Waals surface area contributed by atoms with Crippen LogP contribution in [-0.4, -0.2) is 41.6 Å². The molecule has 1 aliphatic rings. The summed E-state index contributed by atoms with van der Waals surface area (Å²) in [5.74, 6) is -1.30. The maximum Gasteiger partial charge on any atom is 0.323 e. The highest BCUT2D eigenvalue weighted by Crippen LogP contribution is 2.24. The first kappa shape index (κ1) is 11.6.